The molecule has 2 N–H and O–H groups in total. The van der Waals surface area contributed by atoms with Crippen molar-refractivity contribution in [3.63, 3.8) is 0 Å². The number of hydrogen-bond donors (Lipinski definition) is 2. The van der Waals surface area contributed by atoms with E-state index in [9.17, 15) is 5.11 Å². The van der Waals surface area contributed by atoms with E-state index in [4.69, 9.17) is 16.3 Å². The summed E-state index contributed by atoms with van der Waals surface area (Å²) in [5.74, 6) is 0.301. The first-order valence-electron chi connectivity index (χ1n) is 5.42. The Morgan fingerprint density at radius 1 is 1.50 bits per heavy atom. The number of halogens is 1. The zero-order valence-electron chi connectivity index (χ0n) is 9.51. The molecule has 1 aromatic carbocycles. The van der Waals surface area contributed by atoms with Crippen LogP contribution in [0.1, 0.15) is 22.8 Å². The zero-order chi connectivity index (χ0) is 11.7. The minimum Gasteiger partial charge on any atom is -0.507 e. The average molecular weight is 242 g/mol. The van der Waals surface area contributed by atoms with Crippen LogP contribution in [0.4, 0.5) is 0 Å². The van der Waals surface area contributed by atoms with Crippen LogP contribution < -0.4 is 5.32 Å². The predicted molar refractivity (Wildman–Crippen MR) is 64.2 cm³/mol. The number of aryl methyl sites for hydroxylation is 1. The highest BCUT2D eigenvalue weighted by Crippen LogP contribution is 2.37. The molecular weight excluding hydrogens is 226 g/mol. The number of phenols is 1. The Morgan fingerprint density at radius 2 is 2.25 bits per heavy atom. The van der Waals surface area contributed by atoms with Crippen LogP contribution in [0, 0.1) is 13.8 Å². The second-order valence-electron chi connectivity index (χ2n) is 4.13. The highest BCUT2D eigenvalue weighted by molar-refractivity contribution is 6.31. The molecule has 0 aliphatic carbocycles. The van der Waals surface area contributed by atoms with Gasteiger partial charge in [-0.25, -0.2) is 0 Å². The number of aromatic hydroxyl groups is 1. The molecule has 3 nitrogen and oxygen atoms in total. The van der Waals surface area contributed by atoms with Gasteiger partial charge < -0.3 is 15.2 Å². The van der Waals surface area contributed by atoms with E-state index < -0.39 is 0 Å². The van der Waals surface area contributed by atoms with Gasteiger partial charge in [0.25, 0.3) is 0 Å². The maximum atomic E-state index is 10.1. The molecule has 1 aliphatic heterocycles. The number of ether oxygens (including phenoxy) is 1. The monoisotopic (exact) mass is 241 g/mol. The lowest BCUT2D eigenvalue weighted by Crippen LogP contribution is -2.33. The lowest BCUT2D eigenvalue weighted by atomic mass is 9.98. The number of morpholine rings is 1. The number of benzene rings is 1. The van der Waals surface area contributed by atoms with Crippen LogP contribution in [0.5, 0.6) is 5.75 Å². The minimum absolute atomic E-state index is 0.105. The third-order valence-electron chi connectivity index (χ3n) is 2.98. The van der Waals surface area contributed by atoms with Crippen LogP contribution in [-0.4, -0.2) is 24.8 Å². The summed E-state index contributed by atoms with van der Waals surface area (Å²) in [7, 11) is 0. The van der Waals surface area contributed by atoms with E-state index in [1.165, 1.54) is 0 Å². The van der Waals surface area contributed by atoms with Crippen molar-refractivity contribution < 1.29 is 9.84 Å². The molecule has 0 amide bonds. The van der Waals surface area contributed by atoms with Crippen LogP contribution in [0.3, 0.4) is 0 Å². The molecule has 16 heavy (non-hydrogen) atoms. The van der Waals surface area contributed by atoms with E-state index in [-0.39, 0.29) is 6.10 Å². The molecule has 1 aliphatic rings. The fraction of sp³-hybridized carbons (Fsp3) is 0.500. The van der Waals surface area contributed by atoms with Crippen LogP contribution in [0.2, 0.25) is 5.02 Å². The maximum absolute atomic E-state index is 10.1. The fourth-order valence-electron chi connectivity index (χ4n) is 2.03. The lowest BCUT2D eigenvalue weighted by molar-refractivity contribution is 0.0259. The van der Waals surface area contributed by atoms with E-state index in [0.717, 1.165) is 23.2 Å². The van der Waals surface area contributed by atoms with Gasteiger partial charge in [-0.2, -0.15) is 0 Å². The Balaban J connectivity index is 2.45. The summed E-state index contributed by atoms with van der Waals surface area (Å²) < 4.78 is 5.65. The molecule has 88 valence electrons. The number of phenolic OH excluding ortho intramolecular Hbond substituents is 1. The predicted octanol–water partition coefficient (Wildman–Crippen LogP) is 2.32. The van der Waals surface area contributed by atoms with Crippen LogP contribution in [-0.2, 0) is 4.74 Å². The van der Waals surface area contributed by atoms with Gasteiger partial charge in [-0.1, -0.05) is 11.6 Å². The van der Waals surface area contributed by atoms with Crippen molar-refractivity contribution in [2.75, 3.05) is 19.7 Å². The Labute approximate surface area is 100 Å². The minimum atomic E-state index is -0.105. The van der Waals surface area contributed by atoms with Crippen molar-refractivity contribution in [3.05, 3.63) is 27.8 Å². The van der Waals surface area contributed by atoms with E-state index in [0.29, 0.717) is 23.9 Å². The Bertz CT molecular complexity index is 374. The van der Waals surface area contributed by atoms with Gasteiger partial charge in [-0.15, -0.1) is 0 Å². The van der Waals surface area contributed by atoms with E-state index in [2.05, 4.69) is 5.32 Å². The number of rotatable bonds is 1. The van der Waals surface area contributed by atoms with Gasteiger partial charge in [0.1, 0.15) is 5.75 Å². The van der Waals surface area contributed by atoms with Crippen molar-refractivity contribution >= 4 is 11.6 Å². The zero-order valence-corrected chi connectivity index (χ0v) is 10.3. The molecule has 1 aromatic rings. The molecule has 1 atom stereocenters. The first kappa shape index (κ1) is 11.7. The molecule has 0 bridgehead atoms. The molecule has 1 heterocycles. The highest BCUT2D eigenvalue weighted by Gasteiger charge is 2.23. The smallest absolute Gasteiger partial charge is 0.124 e. The van der Waals surface area contributed by atoms with E-state index >= 15 is 0 Å². The largest absolute Gasteiger partial charge is 0.507 e. The van der Waals surface area contributed by atoms with Gasteiger partial charge in [-0.3, -0.25) is 0 Å². The maximum Gasteiger partial charge on any atom is 0.124 e. The summed E-state index contributed by atoms with van der Waals surface area (Å²) in [4.78, 5) is 0. The van der Waals surface area contributed by atoms with Gasteiger partial charge in [0.05, 0.1) is 12.7 Å². The van der Waals surface area contributed by atoms with Crippen LogP contribution >= 0.6 is 11.6 Å². The molecule has 1 unspecified atom stereocenters. The van der Waals surface area contributed by atoms with Crippen LogP contribution in [0.15, 0.2) is 6.07 Å². The summed E-state index contributed by atoms with van der Waals surface area (Å²) in [6.07, 6.45) is -0.105. The van der Waals surface area contributed by atoms with Gasteiger partial charge in [0.2, 0.25) is 0 Å². The Hall–Kier alpha value is -0.770. The second kappa shape index (κ2) is 4.62. The van der Waals surface area contributed by atoms with Crippen molar-refractivity contribution in [1.29, 1.82) is 0 Å². The molecule has 0 spiro atoms. The second-order valence-corrected chi connectivity index (χ2v) is 4.53. The summed E-state index contributed by atoms with van der Waals surface area (Å²) in [5.41, 5.74) is 2.51. The van der Waals surface area contributed by atoms with Crippen LogP contribution in [0.25, 0.3) is 0 Å². The molecule has 0 saturated carbocycles. The Kier molecular flexibility index (Phi) is 3.38. The first-order chi connectivity index (χ1) is 7.61. The van der Waals surface area contributed by atoms with Gasteiger partial charge >= 0.3 is 0 Å². The third kappa shape index (κ3) is 2.03. The van der Waals surface area contributed by atoms with Crippen molar-refractivity contribution in [2.45, 2.75) is 20.0 Å². The molecule has 0 radical (unpaired) electrons. The highest BCUT2D eigenvalue weighted by atomic mass is 35.5. The first-order valence-corrected chi connectivity index (χ1v) is 5.80. The number of nitrogens with one attached hydrogen (secondary N) is 1. The number of hydrogen-bond acceptors (Lipinski definition) is 3. The quantitative estimate of drug-likeness (QED) is 0.793. The standard InChI is InChI=1S/C12H16ClNO2/c1-7-5-9(13)8(2)11(12(7)15)10-6-14-3-4-16-10/h5,10,14-15H,3-4,6H2,1-2H3. The average Bonchev–Trinajstić information content (AvgIpc) is 2.28. The van der Waals surface area contributed by atoms with Crippen molar-refractivity contribution in [3.8, 4) is 5.75 Å². The normalized spacial score (nSPS) is 21.1. The van der Waals surface area contributed by atoms with Gasteiger partial charge in [-0.05, 0) is 31.0 Å². The van der Waals surface area contributed by atoms with E-state index in [1.54, 1.807) is 6.07 Å². The lowest BCUT2D eigenvalue weighted by Gasteiger charge is -2.26. The Morgan fingerprint density at radius 3 is 2.88 bits per heavy atom. The van der Waals surface area contributed by atoms with Gasteiger partial charge in [0, 0.05) is 23.7 Å². The van der Waals surface area contributed by atoms with E-state index in [1.807, 2.05) is 13.8 Å². The van der Waals surface area contributed by atoms with Gasteiger partial charge in [0.15, 0.2) is 0 Å². The molecule has 1 fully saturated rings. The fourth-order valence-corrected chi connectivity index (χ4v) is 2.30. The molecule has 1 saturated heterocycles. The molecule has 4 heteroatoms. The summed E-state index contributed by atoms with van der Waals surface area (Å²) in [6, 6.07) is 1.78. The molecule has 2 rings (SSSR count). The van der Waals surface area contributed by atoms with Crippen molar-refractivity contribution in [1.82, 2.24) is 5.32 Å². The molecular formula is C12H16ClNO2. The van der Waals surface area contributed by atoms with Crippen molar-refractivity contribution in [2.24, 2.45) is 0 Å². The third-order valence-corrected chi connectivity index (χ3v) is 3.38. The molecule has 0 aromatic heterocycles. The summed E-state index contributed by atoms with van der Waals surface area (Å²) in [6.45, 7) is 5.99. The summed E-state index contributed by atoms with van der Waals surface area (Å²) >= 11 is 6.12. The SMILES string of the molecule is Cc1cc(Cl)c(C)c(C2CNCCO2)c1O. The summed E-state index contributed by atoms with van der Waals surface area (Å²) in [5, 5.41) is 14.0. The topological polar surface area (TPSA) is 41.5 Å².